The molecule has 2 amide bonds. The molecule has 34 heavy (non-hydrogen) atoms. The van der Waals surface area contributed by atoms with E-state index in [9.17, 15) is 14.7 Å². The normalized spacial score (nSPS) is 13.6. The van der Waals surface area contributed by atoms with Crippen molar-refractivity contribution >= 4 is 40.3 Å². The largest absolute Gasteiger partial charge is 0.438 e. The molecular weight excluding hydrogens is 456 g/mol. The first kappa shape index (κ1) is 22.0. The fraction of sp³-hybridized carbons (Fsp3) is 0.261. The number of benzene rings is 1. The summed E-state index contributed by atoms with van der Waals surface area (Å²) in [5, 5.41) is 20.5. The number of nitrogens with one attached hydrogen (secondary N) is 2. The van der Waals surface area contributed by atoms with E-state index >= 15 is 0 Å². The topological polar surface area (TPSA) is 131 Å². The molecule has 3 N–H and O–H groups in total. The number of hydrogen-bond acceptors (Lipinski definition) is 8. The average molecular weight is 479 g/mol. The lowest BCUT2D eigenvalue weighted by Gasteiger charge is -2.12. The summed E-state index contributed by atoms with van der Waals surface area (Å²) in [5.41, 5.74) is 0.00748. The number of anilines is 2. The molecule has 4 aromatic rings. The van der Waals surface area contributed by atoms with Crippen molar-refractivity contribution in [2.45, 2.75) is 32.3 Å². The van der Waals surface area contributed by atoms with Gasteiger partial charge < -0.3 is 20.5 Å². The molecule has 0 radical (unpaired) electrons. The maximum absolute atomic E-state index is 12.6. The summed E-state index contributed by atoms with van der Waals surface area (Å²) in [6.07, 6.45) is 4.91. The Kier molecular flexibility index (Phi) is 5.50. The van der Waals surface area contributed by atoms with Crippen LogP contribution in [0.4, 0.5) is 11.5 Å². The number of ether oxygens (including phenoxy) is 1. The van der Waals surface area contributed by atoms with Gasteiger partial charge in [-0.2, -0.15) is 0 Å². The number of aliphatic hydroxyl groups is 1. The van der Waals surface area contributed by atoms with Crippen LogP contribution in [0.5, 0.6) is 11.6 Å². The van der Waals surface area contributed by atoms with Crippen LogP contribution in [0.2, 0.25) is 0 Å². The van der Waals surface area contributed by atoms with Crippen LogP contribution < -0.4 is 15.4 Å². The quantitative estimate of drug-likeness (QED) is 0.368. The average Bonchev–Trinajstić information content (AvgIpc) is 3.36. The van der Waals surface area contributed by atoms with Gasteiger partial charge in [0.1, 0.15) is 21.2 Å². The predicted octanol–water partition coefficient (Wildman–Crippen LogP) is 3.81. The van der Waals surface area contributed by atoms with Gasteiger partial charge in [0.15, 0.2) is 11.5 Å². The van der Waals surface area contributed by atoms with E-state index in [2.05, 4.69) is 25.7 Å². The fourth-order valence-electron chi connectivity index (χ4n) is 3.17. The van der Waals surface area contributed by atoms with E-state index in [0.29, 0.717) is 38.7 Å². The zero-order valence-corrected chi connectivity index (χ0v) is 19.3. The molecule has 1 fully saturated rings. The lowest BCUT2D eigenvalue weighted by molar-refractivity contribution is -0.117. The van der Waals surface area contributed by atoms with Gasteiger partial charge in [-0.15, -0.1) is 16.4 Å². The Labute approximate surface area is 198 Å². The number of carbonyl (C=O) groups is 2. The Balaban J connectivity index is 1.27. The van der Waals surface area contributed by atoms with Crippen molar-refractivity contribution in [2.75, 3.05) is 10.6 Å². The van der Waals surface area contributed by atoms with Gasteiger partial charge in [-0.3, -0.25) is 9.59 Å². The van der Waals surface area contributed by atoms with Gasteiger partial charge in [0.25, 0.3) is 5.91 Å². The standard InChI is InChI=1S/C23H22N6O4S/c1-23(2,32)22-24-11-16(34-22)21(31)25-14-4-3-5-15(10-14)33-19-9-8-18-26-17(12-29(18)28-19)27-20(30)13-6-7-13/h3-5,8-13,32H,6-7H2,1-2H3,(H,25,31)(H,27,30). The minimum Gasteiger partial charge on any atom is -0.438 e. The molecule has 1 aliphatic rings. The number of thiazole rings is 1. The van der Waals surface area contributed by atoms with Crippen LogP contribution >= 0.6 is 11.3 Å². The highest BCUT2D eigenvalue weighted by atomic mass is 32.1. The van der Waals surface area contributed by atoms with Crippen molar-refractivity contribution < 1.29 is 19.4 Å². The molecule has 1 saturated carbocycles. The molecule has 174 valence electrons. The first-order valence-corrected chi connectivity index (χ1v) is 11.5. The summed E-state index contributed by atoms with van der Waals surface area (Å²) in [5.74, 6) is 0.989. The molecule has 0 atom stereocenters. The highest BCUT2D eigenvalue weighted by Crippen LogP contribution is 2.30. The summed E-state index contributed by atoms with van der Waals surface area (Å²) in [7, 11) is 0. The summed E-state index contributed by atoms with van der Waals surface area (Å²) in [6.45, 7) is 3.24. The van der Waals surface area contributed by atoms with Gasteiger partial charge in [-0.25, -0.2) is 14.5 Å². The van der Waals surface area contributed by atoms with Gasteiger partial charge in [-0.1, -0.05) is 6.07 Å². The van der Waals surface area contributed by atoms with E-state index in [1.54, 1.807) is 56.4 Å². The fourth-order valence-corrected chi connectivity index (χ4v) is 3.98. The Morgan fingerprint density at radius 2 is 2.03 bits per heavy atom. The predicted molar refractivity (Wildman–Crippen MR) is 126 cm³/mol. The van der Waals surface area contributed by atoms with Crippen LogP contribution in [-0.2, 0) is 10.4 Å². The summed E-state index contributed by atoms with van der Waals surface area (Å²) < 4.78 is 7.40. The number of rotatable bonds is 7. The van der Waals surface area contributed by atoms with E-state index in [1.807, 2.05) is 0 Å². The maximum atomic E-state index is 12.6. The maximum Gasteiger partial charge on any atom is 0.267 e. The molecule has 0 spiro atoms. The van der Waals surface area contributed by atoms with Crippen LogP contribution in [0.1, 0.15) is 41.4 Å². The number of hydrogen-bond donors (Lipinski definition) is 3. The first-order valence-electron chi connectivity index (χ1n) is 10.7. The van der Waals surface area contributed by atoms with Crippen molar-refractivity contribution in [1.29, 1.82) is 0 Å². The molecular formula is C23H22N6O4S. The number of aromatic nitrogens is 4. The number of fused-ring (bicyclic) bond motifs is 1. The third-order valence-corrected chi connectivity index (χ3v) is 6.37. The van der Waals surface area contributed by atoms with Crippen molar-refractivity contribution in [3.05, 3.63) is 58.7 Å². The van der Waals surface area contributed by atoms with Gasteiger partial charge in [0, 0.05) is 23.7 Å². The van der Waals surface area contributed by atoms with E-state index in [4.69, 9.17) is 4.74 Å². The SMILES string of the molecule is CC(C)(O)c1ncc(C(=O)Nc2cccc(Oc3ccc4nc(NC(=O)C5CC5)cn4n3)c2)s1. The van der Waals surface area contributed by atoms with Crippen LogP contribution in [0, 0.1) is 5.92 Å². The second kappa shape index (κ2) is 8.50. The molecule has 1 aliphatic carbocycles. The molecule has 3 heterocycles. The van der Waals surface area contributed by atoms with Crippen LogP contribution in [0.3, 0.4) is 0 Å². The molecule has 0 bridgehead atoms. The van der Waals surface area contributed by atoms with E-state index in [-0.39, 0.29) is 17.7 Å². The third-order valence-electron chi connectivity index (χ3n) is 5.06. The van der Waals surface area contributed by atoms with Crippen molar-refractivity contribution in [3.8, 4) is 11.6 Å². The Morgan fingerprint density at radius 1 is 1.21 bits per heavy atom. The molecule has 0 unspecified atom stereocenters. The zero-order valence-electron chi connectivity index (χ0n) is 18.5. The third kappa shape index (κ3) is 4.90. The van der Waals surface area contributed by atoms with Gasteiger partial charge in [0.05, 0.1) is 12.4 Å². The number of carbonyl (C=O) groups excluding carboxylic acids is 2. The Morgan fingerprint density at radius 3 is 2.76 bits per heavy atom. The zero-order chi connectivity index (χ0) is 23.9. The minimum atomic E-state index is -1.11. The number of amides is 2. The summed E-state index contributed by atoms with van der Waals surface area (Å²) in [6, 6.07) is 10.3. The lowest BCUT2D eigenvalue weighted by atomic mass is 10.2. The molecule has 10 nitrogen and oxygen atoms in total. The first-order chi connectivity index (χ1) is 16.2. The van der Waals surface area contributed by atoms with Crippen molar-refractivity contribution in [3.63, 3.8) is 0 Å². The Bertz CT molecular complexity index is 1390. The number of nitrogens with zero attached hydrogens (tertiary/aromatic N) is 4. The summed E-state index contributed by atoms with van der Waals surface area (Å²) in [4.78, 5) is 33.4. The number of imidazole rings is 1. The minimum absolute atomic E-state index is 0.0200. The summed E-state index contributed by atoms with van der Waals surface area (Å²) >= 11 is 1.14. The van der Waals surface area contributed by atoms with Crippen LogP contribution in [0.15, 0.2) is 48.8 Å². The molecule has 0 saturated heterocycles. The van der Waals surface area contributed by atoms with Crippen LogP contribution in [0.25, 0.3) is 5.65 Å². The van der Waals surface area contributed by atoms with Crippen molar-refractivity contribution in [1.82, 2.24) is 19.6 Å². The highest BCUT2D eigenvalue weighted by Gasteiger charge is 2.30. The Hall–Kier alpha value is -3.83. The van der Waals surface area contributed by atoms with Gasteiger partial charge in [-0.05, 0) is 44.9 Å². The molecule has 0 aliphatic heterocycles. The smallest absolute Gasteiger partial charge is 0.267 e. The van der Waals surface area contributed by atoms with Gasteiger partial charge >= 0.3 is 0 Å². The molecule has 11 heteroatoms. The molecule has 3 aromatic heterocycles. The van der Waals surface area contributed by atoms with Gasteiger partial charge in [0.2, 0.25) is 11.8 Å². The van der Waals surface area contributed by atoms with E-state index in [0.717, 1.165) is 24.2 Å². The monoisotopic (exact) mass is 478 g/mol. The van der Waals surface area contributed by atoms with Crippen LogP contribution in [-0.4, -0.2) is 36.5 Å². The highest BCUT2D eigenvalue weighted by molar-refractivity contribution is 7.13. The van der Waals surface area contributed by atoms with E-state index in [1.165, 1.54) is 10.7 Å². The van der Waals surface area contributed by atoms with E-state index < -0.39 is 5.60 Å². The van der Waals surface area contributed by atoms with Crippen molar-refractivity contribution in [2.24, 2.45) is 5.92 Å². The molecule has 1 aromatic carbocycles. The second-order valence-electron chi connectivity index (χ2n) is 8.54. The lowest BCUT2D eigenvalue weighted by Crippen LogP contribution is -2.14. The second-order valence-corrected chi connectivity index (χ2v) is 9.57. The molecule has 5 rings (SSSR count).